The molecule has 0 radical (unpaired) electrons. The highest BCUT2D eigenvalue weighted by atomic mass is 19.1. The van der Waals surface area contributed by atoms with Gasteiger partial charge in [0.1, 0.15) is 17.3 Å². The minimum Gasteiger partial charge on any atom is -0.461 e. The Hall–Kier alpha value is -4.26. The molecule has 5 rings (SSSR count). The Kier molecular flexibility index (Phi) is 6.14. The van der Waals surface area contributed by atoms with E-state index in [1.165, 1.54) is 24.3 Å². The Morgan fingerprint density at radius 2 is 1.51 bits per heavy atom. The predicted molar refractivity (Wildman–Crippen MR) is 130 cm³/mol. The molecular weight excluding hydrogens is 448 g/mol. The van der Waals surface area contributed by atoms with Crippen molar-refractivity contribution in [2.24, 2.45) is 0 Å². The molecule has 0 unspecified atom stereocenters. The first kappa shape index (κ1) is 22.5. The summed E-state index contributed by atoms with van der Waals surface area (Å²) < 4.78 is 35.7. The Labute approximate surface area is 201 Å². The maximum atomic E-state index is 13.4. The van der Waals surface area contributed by atoms with Gasteiger partial charge in [-0.2, -0.15) is 5.10 Å². The molecule has 0 aliphatic rings. The molecule has 2 aromatic heterocycles. The maximum Gasteiger partial charge on any atom is 0.356 e. The lowest BCUT2D eigenvalue weighted by molar-refractivity contribution is 0.0512. The van der Waals surface area contributed by atoms with Gasteiger partial charge in [-0.25, -0.2) is 13.6 Å². The fourth-order valence-corrected chi connectivity index (χ4v) is 4.17. The van der Waals surface area contributed by atoms with Crippen LogP contribution in [0.25, 0.3) is 22.2 Å². The molecule has 0 N–H and O–H groups in total. The van der Waals surface area contributed by atoms with Crippen molar-refractivity contribution in [3.63, 3.8) is 0 Å². The zero-order valence-electron chi connectivity index (χ0n) is 19.1. The maximum absolute atomic E-state index is 13.4. The fraction of sp³-hybridized carbons (Fsp3) is 0.143. The average Bonchev–Trinajstić information content (AvgIpc) is 3.44. The lowest BCUT2D eigenvalue weighted by Crippen LogP contribution is -2.14. The van der Waals surface area contributed by atoms with Crippen molar-refractivity contribution in [3.05, 3.63) is 114 Å². The van der Waals surface area contributed by atoms with Crippen LogP contribution in [0.3, 0.4) is 0 Å². The number of nitrogens with zero attached hydrogens (tertiary/aromatic N) is 3. The van der Waals surface area contributed by atoms with Crippen molar-refractivity contribution >= 4 is 16.9 Å². The molecule has 0 aliphatic heterocycles. The van der Waals surface area contributed by atoms with Crippen molar-refractivity contribution in [1.29, 1.82) is 0 Å². The van der Waals surface area contributed by atoms with Gasteiger partial charge in [-0.3, -0.25) is 4.68 Å². The lowest BCUT2D eigenvalue weighted by Gasteiger charge is -2.07. The number of carbonyl (C=O) groups is 1. The zero-order chi connectivity index (χ0) is 24.4. The molecule has 0 spiro atoms. The Bertz CT molecular complexity index is 1490. The normalized spacial score (nSPS) is 11.2. The molecule has 0 saturated heterocycles. The second-order valence-corrected chi connectivity index (χ2v) is 8.23. The molecule has 0 bridgehead atoms. The number of hydrogen-bond acceptors (Lipinski definition) is 3. The van der Waals surface area contributed by atoms with Crippen molar-refractivity contribution in [2.45, 2.75) is 20.0 Å². The van der Waals surface area contributed by atoms with Crippen LogP contribution in [0.2, 0.25) is 0 Å². The third-order valence-corrected chi connectivity index (χ3v) is 5.84. The molecule has 7 heteroatoms. The molecular formula is C28H23F2N3O2. The van der Waals surface area contributed by atoms with Crippen LogP contribution in [0, 0.1) is 11.6 Å². The summed E-state index contributed by atoms with van der Waals surface area (Å²) in [6, 6.07) is 22.2. The molecule has 0 amide bonds. The number of aromatic nitrogens is 3. The first-order valence-corrected chi connectivity index (χ1v) is 11.3. The van der Waals surface area contributed by atoms with Crippen LogP contribution >= 0.6 is 0 Å². The topological polar surface area (TPSA) is 49.1 Å². The first-order chi connectivity index (χ1) is 17.0. The molecule has 3 aromatic carbocycles. The highest BCUT2D eigenvalue weighted by Crippen LogP contribution is 2.31. The van der Waals surface area contributed by atoms with E-state index in [0.29, 0.717) is 24.5 Å². The van der Waals surface area contributed by atoms with Crippen LogP contribution in [0.4, 0.5) is 8.78 Å². The number of carbonyl (C=O) groups excluding carboxylic acids is 1. The van der Waals surface area contributed by atoms with E-state index in [-0.39, 0.29) is 18.2 Å². The van der Waals surface area contributed by atoms with E-state index in [9.17, 15) is 13.6 Å². The summed E-state index contributed by atoms with van der Waals surface area (Å²) in [4.78, 5) is 12.7. The highest BCUT2D eigenvalue weighted by molar-refractivity contribution is 5.97. The van der Waals surface area contributed by atoms with Gasteiger partial charge >= 0.3 is 5.97 Å². The number of esters is 1. The third kappa shape index (κ3) is 4.71. The van der Waals surface area contributed by atoms with Crippen molar-refractivity contribution in [2.75, 3.05) is 6.61 Å². The van der Waals surface area contributed by atoms with Gasteiger partial charge in [0.15, 0.2) is 0 Å². The largest absolute Gasteiger partial charge is 0.461 e. The van der Waals surface area contributed by atoms with Gasteiger partial charge in [-0.05, 0) is 54.4 Å². The summed E-state index contributed by atoms with van der Waals surface area (Å²) in [5.74, 6) is -1.07. The average molecular weight is 472 g/mol. The van der Waals surface area contributed by atoms with E-state index in [4.69, 9.17) is 9.84 Å². The number of hydrogen-bond donors (Lipinski definition) is 0. The lowest BCUT2D eigenvalue weighted by atomic mass is 10.1. The molecule has 2 heterocycles. The molecule has 0 fully saturated rings. The SMILES string of the molecule is CCOC(=O)c1cc(-c2cn(Cc3ccc(F)cc3)c3ccccc23)nn1Cc1ccc(F)cc1. The third-order valence-electron chi connectivity index (χ3n) is 5.84. The Morgan fingerprint density at radius 1 is 0.886 bits per heavy atom. The van der Waals surface area contributed by atoms with E-state index in [2.05, 4.69) is 4.57 Å². The summed E-state index contributed by atoms with van der Waals surface area (Å²) in [7, 11) is 0. The monoisotopic (exact) mass is 471 g/mol. The molecule has 0 saturated carbocycles. The molecule has 0 atom stereocenters. The van der Waals surface area contributed by atoms with Crippen LogP contribution in [0.5, 0.6) is 0 Å². The van der Waals surface area contributed by atoms with Crippen LogP contribution in [-0.4, -0.2) is 26.9 Å². The second kappa shape index (κ2) is 9.54. The van der Waals surface area contributed by atoms with Crippen molar-refractivity contribution in [1.82, 2.24) is 14.3 Å². The van der Waals surface area contributed by atoms with E-state index >= 15 is 0 Å². The van der Waals surface area contributed by atoms with Gasteiger partial charge in [-0.15, -0.1) is 0 Å². The van der Waals surface area contributed by atoms with Gasteiger partial charge in [0, 0.05) is 29.2 Å². The van der Waals surface area contributed by atoms with Crippen LogP contribution in [0.1, 0.15) is 28.5 Å². The number of fused-ring (bicyclic) bond motifs is 1. The van der Waals surface area contributed by atoms with Gasteiger partial charge < -0.3 is 9.30 Å². The van der Waals surface area contributed by atoms with Gasteiger partial charge in [0.2, 0.25) is 0 Å². The smallest absolute Gasteiger partial charge is 0.356 e. The van der Waals surface area contributed by atoms with Crippen LogP contribution in [-0.2, 0) is 17.8 Å². The van der Waals surface area contributed by atoms with Gasteiger partial charge in [0.05, 0.1) is 18.8 Å². The number of benzene rings is 3. The molecule has 5 nitrogen and oxygen atoms in total. The molecule has 176 valence electrons. The molecule has 5 aromatic rings. The second-order valence-electron chi connectivity index (χ2n) is 8.23. The minimum atomic E-state index is -0.469. The number of para-hydroxylation sites is 1. The standard InChI is InChI=1S/C28H23F2N3O2/c1-2-35-28(34)27-15-25(31-33(27)17-20-9-13-22(30)14-10-20)24-18-32(26-6-4-3-5-23(24)26)16-19-7-11-21(29)12-8-19/h3-15,18H,2,16-17H2,1H3. The van der Waals surface area contributed by atoms with E-state index in [1.807, 2.05) is 30.5 Å². The number of rotatable bonds is 7. The van der Waals surface area contributed by atoms with Gasteiger partial charge in [0.25, 0.3) is 0 Å². The van der Waals surface area contributed by atoms with Gasteiger partial charge in [-0.1, -0.05) is 42.5 Å². The Morgan fingerprint density at radius 3 is 2.17 bits per heavy atom. The summed E-state index contributed by atoms with van der Waals surface area (Å²) in [6.45, 7) is 2.85. The summed E-state index contributed by atoms with van der Waals surface area (Å²) in [6.07, 6.45) is 1.99. The molecule has 35 heavy (non-hydrogen) atoms. The number of ether oxygens (including phenoxy) is 1. The van der Waals surface area contributed by atoms with Crippen LogP contribution < -0.4 is 0 Å². The quantitative estimate of drug-likeness (QED) is 0.271. The molecule has 0 aliphatic carbocycles. The summed E-state index contributed by atoms with van der Waals surface area (Å²) >= 11 is 0. The summed E-state index contributed by atoms with van der Waals surface area (Å²) in [5, 5.41) is 5.73. The minimum absolute atomic E-state index is 0.243. The van der Waals surface area contributed by atoms with E-state index < -0.39 is 5.97 Å². The highest BCUT2D eigenvalue weighted by Gasteiger charge is 2.20. The predicted octanol–water partition coefficient (Wildman–Crippen LogP) is 6.06. The fourth-order valence-electron chi connectivity index (χ4n) is 4.17. The number of halogens is 2. The summed E-state index contributed by atoms with van der Waals surface area (Å²) in [5.41, 5.74) is 4.59. The Balaban J connectivity index is 1.57. The zero-order valence-corrected chi connectivity index (χ0v) is 19.1. The van der Waals surface area contributed by atoms with E-state index in [0.717, 1.165) is 27.6 Å². The first-order valence-electron chi connectivity index (χ1n) is 11.3. The van der Waals surface area contributed by atoms with Crippen LogP contribution in [0.15, 0.2) is 85.1 Å². The van der Waals surface area contributed by atoms with Crippen molar-refractivity contribution < 1.29 is 18.3 Å². The van der Waals surface area contributed by atoms with Crippen molar-refractivity contribution in [3.8, 4) is 11.3 Å². The van der Waals surface area contributed by atoms with E-state index in [1.54, 1.807) is 41.9 Å².